The van der Waals surface area contributed by atoms with Crippen molar-refractivity contribution in [2.24, 2.45) is 0 Å². The summed E-state index contributed by atoms with van der Waals surface area (Å²) in [6, 6.07) is 6.34. The SMILES string of the molecule is Cc1nc2cc(-c3nccs3)ccc2s1. The Morgan fingerprint density at radius 3 is 3.00 bits per heavy atom. The molecule has 15 heavy (non-hydrogen) atoms. The van der Waals surface area contributed by atoms with Gasteiger partial charge in [0, 0.05) is 17.1 Å². The molecule has 0 bridgehead atoms. The molecule has 0 aliphatic carbocycles. The van der Waals surface area contributed by atoms with Crippen molar-refractivity contribution in [2.75, 3.05) is 0 Å². The summed E-state index contributed by atoms with van der Waals surface area (Å²) in [6.07, 6.45) is 1.83. The lowest BCUT2D eigenvalue weighted by atomic mass is 10.2. The summed E-state index contributed by atoms with van der Waals surface area (Å²) in [5.74, 6) is 0. The van der Waals surface area contributed by atoms with E-state index in [4.69, 9.17) is 0 Å². The highest BCUT2D eigenvalue weighted by atomic mass is 32.1. The Morgan fingerprint density at radius 2 is 2.20 bits per heavy atom. The van der Waals surface area contributed by atoms with E-state index in [1.54, 1.807) is 22.7 Å². The Bertz CT molecular complexity index is 596. The highest BCUT2D eigenvalue weighted by Crippen LogP contribution is 2.28. The van der Waals surface area contributed by atoms with Crippen LogP contribution in [0, 0.1) is 6.92 Å². The summed E-state index contributed by atoms with van der Waals surface area (Å²) < 4.78 is 1.24. The number of thiazole rings is 2. The van der Waals surface area contributed by atoms with Crippen molar-refractivity contribution < 1.29 is 0 Å². The molecule has 2 heterocycles. The Kier molecular flexibility index (Phi) is 2.04. The first-order valence-electron chi connectivity index (χ1n) is 4.60. The standard InChI is InChI=1S/C11H8N2S2/c1-7-13-9-6-8(2-3-10(9)15-7)11-12-4-5-14-11/h2-6H,1H3. The zero-order valence-corrected chi connectivity index (χ0v) is 9.73. The second-order valence-electron chi connectivity index (χ2n) is 3.25. The van der Waals surface area contributed by atoms with Gasteiger partial charge >= 0.3 is 0 Å². The van der Waals surface area contributed by atoms with Gasteiger partial charge < -0.3 is 0 Å². The molecule has 2 aromatic heterocycles. The Morgan fingerprint density at radius 1 is 1.27 bits per heavy atom. The lowest BCUT2D eigenvalue weighted by Crippen LogP contribution is -1.75. The summed E-state index contributed by atoms with van der Waals surface area (Å²) in [7, 11) is 0. The molecule has 0 N–H and O–H groups in total. The van der Waals surface area contributed by atoms with Gasteiger partial charge in [-0.05, 0) is 19.1 Å². The van der Waals surface area contributed by atoms with Crippen molar-refractivity contribution in [3.8, 4) is 10.6 Å². The number of nitrogens with zero attached hydrogens (tertiary/aromatic N) is 2. The fourth-order valence-corrected chi connectivity index (χ4v) is 2.98. The van der Waals surface area contributed by atoms with E-state index in [1.807, 2.05) is 18.5 Å². The van der Waals surface area contributed by atoms with E-state index in [2.05, 4.69) is 28.2 Å². The average Bonchev–Trinajstić information content (AvgIpc) is 2.82. The number of aromatic nitrogens is 2. The number of rotatable bonds is 1. The molecule has 4 heteroatoms. The number of fused-ring (bicyclic) bond motifs is 1. The monoisotopic (exact) mass is 232 g/mol. The lowest BCUT2D eigenvalue weighted by molar-refractivity contribution is 1.34. The van der Waals surface area contributed by atoms with Gasteiger partial charge in [0.2, 0.25) is 0 Å². The van der Waals surface area contributed by atoms with Crippen LogP contribution in [-0.4, -0.2) is 9.97 Å². The van der Waals surface area contributed by atoms with E-state index < -0.39 is 0 Å². The van der Waals surface area contributed by atoms with E-state index in [-0.39, 0.29) is 0 Å². The molecule has 0 spiro atoms. The number of hydrogen-bond donors (Lipinski definition) is 0. The van der Waals surface area contributed by atoms with E-state index >= 15 is 0 Å². The van der Waals surface area contributed by atoms with Crippen LogP contribution in [0.25, 0.3) is 20.8 Å². The van der Waals surface area contributed by atoms with Crippen molar-refractivity contribution in [3.63, 3.8) is 0 Å². The molecule has 0 unspecified atom stereocenters. The van der Waals surface area contributed by atoms with Crippen molar-refractivity contribution in [3.05, 3.63) is 34.8 Å². The first-order valence-corrected chi connectivity index (χ1v) is 6.29. The maximum Gasteiger partial charge on any atom is 0.123 e. The van der Waals surface area contributed by atoms with E-state index in [0.29, 0.717) is 0 Å². The van der Waals surface area contributed by atoms with Gasteiger partial charge in [0.05, 0.1) is 15.2 Å². The van der Waals surface area contributed by atoms with E-state index in [9.17, 15) is 0 Å². The normalized spacial score (nSPS) is 11.0. The van der Waals surface area contributed by atoms with Crippen LogP contribution in [0.2, 0.25) is 0 Å². The summed E-state index contributed by atoms with van der Waals surface area (Å²) in [5.41, 5.74) is 2.23. The third-order valence-corrected chi connectivity index (χ3v) is 3.95. The molecule has 0 aliphatic rings. The van der Waals surface area contributed by atoms with Gasteiger partial charge in [0.25, 0.3) is 0 Å². The van der Waals surface area contributed by atoms with Crippen molar-refractivity contribution in [2.45, 2.75) is 6.92 Å². The van der Waals surface area contributed by atoms with Gasteiger partial charge in [-0.15, -0.1) is 22.7 Å². The summed E-state index contributed by atoms with van der Waals surface area (Å²) in [4.78, 5) is 8.77. The second kappa shape index (κ2) is 3.40. The zero-order valence-electron chi connectivity index (χ0n) is 8.10. The fourth-order valence-electron chi connectivity index (χ4n) is 1.54. The summed E-state index contributed by atoms with van der Waals surface area (Å²) in [5, 5.41) is 4.16. The Labute approximate surface area is 95.3 Å². The molecule has 0 saturated heterocycles. The molecule has 0 aliphatic heterocycles. The van der Waals surface area contributed by atoms with Gasteiger partial charge in [-0.2, -0.15) is 0 Å². The molecule has 0 saturated carbocycles. The largest absolute Gasteiger partial charge is 0.245 e. The van der Waals surface area contributed by atoms with Gasteiger partial charge in [0.1, 0.15) is 5.01 Å². The first kappa shape index (κ1) is 9.00. The molecular formula is C11H8N2S2. The number of hydrogen-bond acceptors (Lipinski definition) is 4. The summed E-state index contributed by atoms with van der Waals surface area (Å²) in [6.45, 7) is 2.04. The predicted molar refractivity (Wildman–Crippen MR) is 65.5 cm³/mol. The third kappa shape index (κ3) is 1.56. The van der Waals surface area contributed by atoms with Crippen LogP contribution in [0.5, 0.6) is 0 Å². The molecule has 1 aromatic carbocycles. The minimum absolute atomic E-state index is 1.06. The molecule has 3 aromatic rings. The maximum absolute atomic E-state index is 4.48. The van der Waals surface area contributed by atoms with E-state index in [1.165, 1.54) is 4.70 Å². The van der Waals surface area contributed by atoms with Gasteiger partial charge in [-0.3, -0.25) is 0 Å². The van der Waals surface area contributed by atoms with Crippen LogP contribution in [0.1, 0.15) is 5.01 Å². The van der Waals surface area contributed by atoms with Crippen molar-refractivity contribution in [1.82, 2.24) is 9.97 Å². The van der Waals surface area contributed by atoms with Crippen LogP contribution < -0.4 is 0 Å². The molecule has 2 nitrogen and oxygen atoms in total. The number of benzene rings is 1. The summed E-state index contributed by atoms with van der Waals surface area (Å²) >= 11 is 3.39. The van der Waals surface area contributed by atoms with Crippen LogP contribution in [0.15, 0.2) is 29.8 Å². The smallest absolute Gasteiger partial charge is 0.123 e. The molecule has 0 amide bonds. The average molecular weight is 232 g/mol. The fraction of sp³-hybridized carbons (Fsp3) is 0.0909. The van der Waals surface area contributed by atoms with Gasteiger partial charge in [0.15, 0.2) is 0 Å². The second-order valence-corrected chi connectivity index (χ2v) is 5.38. The number of aryl methyl sites for hydroxylation is 1. The van der Waals surface area contributed by atoms with Gasteiger partial charge in [-0.1, -0.05) is 6.07 Å². The topological polar surface area (TPSA) is 25.8 Å². The molecule has 74 valence electrons. The molecule has 0 radical (unpaired) electrons. The molecule has 3 rings (SSSR count). The zero-order chi connectivity index (χ0) is 10.3. The van der Waals surface area contributed by atoms with Gasteiger partial charge in [-0.25, -0.2) is 9.97 Å². The van der Waals surface area contributed by atoms with Crippen molar-refractivity contribution in [1.29, 1.82) is 0 Å². The maximum atomic E-state index is 4.48. The minimum atomic E-state index is 1.06. The Balaban J connectivity index is 2.21. The first-order chi connectivity index (χ1) is 7.33. The predicted octanol–water partition coefficient (Wildman–Crippen LogP) is 3.73. The van der Waals surface area contributed by atoms with Crippen LogP contribution in [-0.2, 0) is 0 Å². The van der Waals surface area contributed by atoms with Crippen LogP contribution in [0.4, 0.5) is 0 Å². The Hall–Kier alpha value is -1.26. The highest BCUT2D eigenvalue weighted by Gasteiger charge is 2.04. The van der Waals surface area contributed by atoms with Crippen LogP contribution in [0.3, 0.4) is 0 Å². The molecule has 0 fully saturated rings. The third-order valence-electron chi connectivity index (χ3n) is 2.17. The lowest BCUT2D eigenvalue weighted by Gasteiger charge is -1.94. The molecule has 0 atom stereocenters. The highest BCUT2D eigenvalue weighted by molar-refractivity contribution is 7.18. The minimum Gasteiger partial charge on any atom is -0.245 e. The molecular weight excluding hydrogens is 224 g/mol. The van der Waals surface area contributed by atoms with Crippen LogP contribution >= 0.6 is 22.7 Å². The quantitative estimate of drug-likeness (QED) is 0.639. The van der Waals surface area contributed by atoms with E-state index in [0.717, 1.165) is 21.1 Å². The van der Waals surface area contributed by atoms with Crippen molar-refractivity contribution >= 4 is 32.9 Å².